The van der Waals surface area contributed by atoms with Gasteiger partial charge in [0.25, 0.3) is 5.91 Å². The predicted molar refractivity (Wildman–Crippen MR) is 91.8 cm³/mol. The fourth-order valence-corrected chi connectivity index (χ4v) is 2.04. The first-order valence-electron chi connectivity index (χ1n) is 7.63. The quantitative estimate of drug-likeness (QED) is 0.606. The summed E-state index contributed by atoms with van der Waals surface area (Å²) in [6.07, 6.45) is 5.05. The van der Waals surface area contributed by atoms with Gasteiger partial charge in [-0.2, -0.15) is 0 Å². The molecule has 0 saturated carbocycles. The van der Waals surface area contributed by atoms with Crippen LogP contribution in [0.4, 0.5) is 5.69 Å². The Hall–Kier alpha value is -2.69. The van der Waals surface area contributed by atoms with Crippen LogP contribution in [0.15, 0.2) is 53.9 Å². The minimum absolute atomic E-state index is 0.0460. The van der Waals surface area contributed by atoms with Crippen molar-refractivity contribution in [2.75, 3.05) is 11.4 Å². The highest BCUT2D eigenvalue weighted by molar-refractivity contribution is 6.06. The van der Waals surface area contributed by atoms with Crippen LogP contribution in [-0.2, 0) is 4.84 Å². The Bertz CT molecular complexity index is 652. The molecule has 0 spiro atoms. The fourth-order valence-electron chi connectivity index (χ4n) is 2.04. The van der Waals surface area contributed by atoms with Crippen LogP contribution >= 0.6 is 0 Å². The molecule has 1 aromatic heterocycles. The number of hydrogen-bond donors (Lipinski definition) is 0. The molecule has 1 amide bonds. The molecule has 1 heterocycles. The van der Waals surface area contributed by atoms with Crippen LogP contribution in [-0.4, -0.2) is 29.8 Å². The largest absolute Gasteiger partial charge is 0.393 e. The zero-order valence-electron chi connectivity index (χ0n) is 13.6. The summed E-state index contributed by atoms with van der Waals surface area (Å²) in [6, 6.07) is 11.0. The second-order valence-corrected chi connectivity index (χ2v) is 5.27. The summed E-state index contributed by atoms with van der Waals surface area (Å²) in [5.74, 6) is -0.0533. The molecule has 0 bridgehead atoms. The molecule has 0 fully saturated rings. The number of nitrogens with zero attached hydrogens (tertiary/aromatic N) is 3. The summed E-state index contributed by atoms with van der Waals surface area (Å²) in [5.41, 5.74) is 2.29. The Morgan fingerprint density at radius 2 is 2.04 bits per heavy atom. The third-order valence-electron chi connectivity index (χ3n) is 3.15. The maximum Gasteiger partial charge on any atom is 0.258 e. The van der Waals surface area contributed by atoms with E-state index in [0.29, 0.717) is 12.1 Å². The van der Waals surface area contributed by atoms with Gasteiger partial charge in [0, 0.05) is 18.3 Å². The van der Waals surface area contributed by atoms with Crippen molar-refractivity contribution in [3.8, 4) is 0 Å². The van der Waals surface area contributed by atoms with Gasteiger partial charge in [-0.05, 0) is 50.6 Å². The van der Waals surface area contributed by atoms with Crippen LogP contribution in [0.2, 0.25) is 0 Å². The van der Waals surface area contributed by atoms with E-state index in [2.05, 4.69) is 10.1 Å². The van der Waals surface area contributed by atoms with Crippen LogP contribution in [0.25, 0.3) is 0 Å². The zero-order chi connectivity index (χ0) is 16.7. The number of aromatic nitrogens is 1. The van der Waals surface area contributed by atoms with Gasteiger partial charge in [0.2, 0.25) is 0 Å². The molecule has 2 aromatic rings. The van der Waals surface area contributed by atoms with Gasteiger partial charge in [-0.25, -0.2) is 0 Å². The van der Waals surface area contributed by atoms with Gasteiger partial charge in [-0.3, -0.25) is 9.78 Å². The van der Waals surface area contributed by atoms with Gasteiger partial charge < -0.3 is 9.74 Å². The predicted octanol–water partition coefficient (Wildman–Crippen LogP) is 3.51. The van der Waals surface area contributed by atoms with Crippen molar-refractivity contribution in [3.05, 3.63) is 59.9 Å². The van der Waals surface area contributed by atoms with Crippen LogP contribution in [0.3, 0.4) is 0 Å². The highest BCUT2D eigenvalue weighted by Crippen LogP contribution is 2.15. The average molecular weight is 311 g/mol. The van der Waals surface area contributed by atoms with E-state index in [1.165, 1.54) is 0 Å². The molecular weight excluding hydrogens is 290 g/mol. The average Bonchev–Trinajstić information content (AvgIpc) is 2.57. The maximum atomic E-state index is 12.6. The Balaban J connectivity index is 2.11. The summed E-state index contributed by atoms with van der Waals surface area (Å²) in [7, 11) is 0. The van der Waals surface area contributed by atoms with E-state index < -0.39 is 0 Å². The molecular formula is C18H21N3O2. The van der Waals surface area contributed by atoms with Crippen molar-refractivity contribution < 1.29 is 9.63 Å². The first-order valence-corrected chi connectivity index (χ1v) is 7.63. The van der Waals surface area contributed by atoms with Gasteiger partial charge in [-0.1, -0.05) is 17.3 Å². The van der Waals surface area contributed by atoms with Gasteiger partial charge in [0.05, 0.1) is 18.1 Å². The Kier molecular flexibility index (Phi) is 5.86. The molecule has 0 atom stereocenters. The lowest BCUT2D eigenvalue weighted by Gasteiger charge is -2.20. The summed E-state index contributed by atoms with van der Waals surface area (Å²) in [4.78, 5) is 23.5. The molecule has 0 aliphatic heterocycles. The number of carbonyl (C=O) groups is 1. The zero-order valence-corrected chi connectivity index (χ0v) is 13.6. The fraction of sp³-hybridized carbons (Fsp3) is 0.278. The number of rotatable bonds is 6. The lowest BCUT2D eigenvalue weighted by Crippen LogP contribution is -2.30. The third kappa shape index (κ3) is 4.64. The van der Waals surface area contributed by atoms with Crippen molar-refractivity contribution >= 4 is 17.8 Å². The molecule has 0 aliphatic rings. The van der Waals surface area contributed by atoms with Crippen molar-refractivity contribution in [1.82, 2.24) is 4.98 Å². The molecule has 2 rings (SSSR count). The summed E-state index contributed by atoms with van der Waals surface area (Å²) in [5, 5.41) is 3.89. The van der Waals surface area contributed by atoms with E-state index >= 15 is 0 Å². The van der Waals surface area contributed by atoms with E-state index in [1.54, 1.807) is 35.6 Å². The third-order valence-corrected chi connectivity index (χ3v) is 3.15. The SMILES string of the molecule is CCN(C(=O)c1ccc(/C=N/OC(C)C)cc1)c1cccnc1. The normalized spacial score (nSPS) is 11.0. The summed E-state index contributed by atoms with van der Waals surface area (Å²) in [6.45, 7) is 6.35. The van der Waals surface area contributed by atoms with Crippen LogP contribution in [0, 0.1) is 0 Å². The second kappa shape index (κ2) is 8.08. The molecule has 120 valence electrons. The van der Waals surface area contributed by atoms with E-state index in [9.17, 15) is 4.79 Å². The first kappa shape index (κ1) is 16.7. The molecule has 0 aliphatic carbocycles. The maximum absolute atomic E-state index is 12.6. The monoisotopic (exact) mass is 311 g/mol. The topological polar surface area (TPSA) is 54.8 Å². The van der Waals surface area contributed by atoms with Crippen molar-refractivity contribution in [2.24, 2.45) is 5.16 Å². The van der Waals surface area contributed by atoms with Crippen LogP contribution in [0.1, 0.15) is 36.7 Å². The number of carbonyl (C=O) groups excluding carboxylic acids is 1. The summed E-state index contributed by atoms with van der Waals surface area (Å²) >= 11 is 0. The van der Waals surface area contributed by atoms with Gasteiger partial charge >= 0.3 is 0 Å². The number of hydrogen-bond acceptors (Lipinski definition) is 4. The molecule has 5 heteroatoms. The Labute approximate surface area is 136 Å². The van der Waals surface area contributed by atoms with Gasteiger partial charge in [0.1, 0.15) is 6.10 Å². The van der Waals surface area contributed by atoms with E-state index in [-0.39, 0.29) is 12.0 Å². The number of oxime groups is 1. The lowest BCUT2D eigenvalue weighted by molar-refractivity contribution is 0.0873. The van der Waals surface area contributed by atoms with Crippen LogP contribution in [0.5, 0.6) is 0 Å². The number of benzene rings is 1. The molecule has 0 radical (unpaired) electrons. The molecule has 0 saturated heterocycles. The Morgan fingerprint density at radius 3 is 2.61 bits per heavy atom. The Morgan fingerprint density at radius 1 is 1.30 bits per heavy atom. The van der Waals surface area contributed by atoms with E-state index in [1.807, 2.05) is 45.0 Å². The van der Waals surface area contributed by atoms with Crippen molar-refractivity contribution in [1.29, 1.82) is 0 Å². The smallest absolute Gasteiger partial charge is 0.258 e. The van der Waals surface area contributed by atoms with Crippen molar-refractivity contribution in [3.63, 3.8) is 0 Å². The molecule has 1 aromatic carbocycles. The highest BCUT2D eigenvalue weighted by atomic mass is 16.6. The van der Waals surface area contributed by atoms with E-state index in [4.69, 9.17) is 4.84 Å². The minimum Gasteiger partial charge on any atom is -0.393 e. The van der Waals surface area contributed by atoms with Crippen LogP contribution < -0.4 is 4.90 Å². The number of pyridine rings is 1. The number of anilines is 1. The summed E-state index contributed by atoms with van der Waals surface area (Å²) < 4.78 is 0. The molecule has 5 nitrogen and oxygen atoms in total. The van der Waals surface area contributed by atoms with Gasteiger partial charge in [0.15, 0.2) is 0 Å². The standard InChI is InChI=1S/C18H21N3O2/c1-4-21(17-6-5-11-19-13-17)18(22)16-9-7-15(8-10-16)12-20-23-14(2)3/h5-14H,4H2,1-3H3/b20-12+. The minimum atomic E-state index is -0.0533. The number of amides is 1. The van der Waals surface area contributed by atoms with Gasteiger partial charge in [-0.15, -0.1) is 0 Å². The molecule has 23 heavy (non-hydrogen) atoms. The molecule has 0 unspecified atom stereocenters. The van der Waals surface area contributed by atoms with E-state index in [0.717, 1.165) is 11.3 Å². The highest BCUT2D eigenvalue weighted by Gasteiger charge is 2.15. The second-order valence-electron chi connectivity index (χ2n) is 5.27. The van der Waals surface area contributed by atoms with Crippen molar-refractivity contribution in [2.45, 2.75) is 26.9 Å². The molecule has 0 N–H and O–H groups in total. The lowest BCUT2D eigenvalue weighted by atomic mass is 10.1. The first-order chi connectivity index (χ1) is 11.1.